The van der Waals surface area contributed by atoms with E-state index in [4.69, 9.17) is 0 Å². The van der Waals surface area contributed by atoms with Crippen molar-refractivity contribution in [2.75, 3.05) is 0 Å². The Kier molecular flexibility index (Phi) is 3.95. The van der Waals surface area contributed by atoms with Crippen LogP contribution in [0.3, 0.4) is 0 Å². The first kappa shape index (κ1) is 13.7. The van der Waals surface area contributed by atoms with E-state index in [1.165, 1.54) is 6.07 Å². The summed E-state index contributed by atoms with van der Waals surface area (Å²) < 4.78 is 15.5. The maximum atomic E-state index is 13.9. The highest BCUT2D eigenvalue weighted by molar-refractivity contribution is 5.43. The minimum absolute atomic E-state index is 0.254. The van der Waals surface area contributed by atoms with Crippen LogP contribution in [-0.2, 0) is 12.8 Å². The molecule has 0 bridgehead atoms. The van der Waals surface area contributed by atoms with Gasteiger partial charge >= 0.3 is 0 Å². The predicted octanol–water partition coefficient (Wildman–Crippen LogP) is 2.58. The number of aryl methyl sites for hydroxylation is 2. The quantitative estimate of drug-likeness (QED) is 0.922. The summed E-state index contributed by atoms with van der Waals surface area (Å²) in [6.07, 6.45) is 0.525. The van der Waals surface area contributed by atoms with Crippen LogP contribution in [0.15, 0.2) is 18.2 Å². The number of hydrogen-bond acceptors (Lipinski definition) is 3. The fraction of sp³-hybridized carbons (Fsp3) is 0.429. The normalized spacial score (nSPS) is 12.7. The molecule has 1 N–H and O–H groups in total. The van der Waals surface area contributed by atoms with Gasteiger partial charge in [-0.25, -0.2) is 14.1 Å². The Morgan fingerprint density at radius 3 is 2.63 bits per heavy atom. The van der Waals surface area contributed by atoms with Gasteiger partial charge < -0.3 is 5.11 Å². The van der Waals surface area contributed by atoms with Gasteiger partial charge in [-0.15, -0.1) is 0 Å². The van der Waals surface area contributed by atoms with Gasteiger partial charge in [0, 0.05) is 18.4 Å². The lowest BCUT2D eigenvalue weighted by atomic mass is 10.1. The van der Waals surface area contributed by atoms with Crippen molar-refractivity contribution >= 4 is 0 Å². The molecular formula is C14H18FN3O. The summed E-state index contributed by atoms with van der Waals surface area (Å²) in [7, 11) is 0. The fourth-order valence-electron chi connectivity index (χ4n) is 2.09. The third kappa shape index (κ3) is 2.51. The van der Waals surface area contributed by atoms with Gasteiger partial charge in [0.2, 0.25) is 0 Å². The van der Waals surface area contributed by atoms with Crippen molar-refractivity contribution in [3.8, 4) is 5.69 Å². The molecule has 0 aliphatic rings. The first-order chi connectivity index (χ1) is 9.08. The summed E-state index contributed by atoms with van der Waals surface area (Å²) in [4.78, 5) is 4.40. The van der Waals surface area contributed by atoms with E-state index in [0.717, 1.165) is 18.1 Å². The second-order valence-electron chi connectivity index (χ2n) is 4.41. The predicted molar refractivity (Wildman–Crippen MR) is 70.7 cm³/mol. The third-order valence-corrected chi connectivity index (χ3v) is 3.03. The number of rotatable bonds is 4. The van der Waals surface area contributed by atoms with Gasteiger partial charge in [0.25, 0.3) is 0 Å². The first-order valence-corrected chi connectivity index (χ1v) is 6.50. The number of aliphatic hydroxyl groups excluding tert-OH is 1. The molecular weight excluding hydrogens is 245 g/mol. The molecule has 5 heteroatoms. The van der Waals surface area contributed by atoms with Crippen molar-refractivity contribution in [2.45, 2.75) is 39.7 Å². The van der Waals surface area contributed by atoms with Crippen LogP contribution < -0.4 is 0 Å². The molecule has 0 aliphatic carbocycles. The SMILES string of the molecule is CCc1nc(CC)n(-c2cccc(F)c2[C@H](C)O)n1. The van der Waals surface area contributed by atoms with Crippen molar-refractivity contribution in [1.29, 1.82) is 0 Å². The summed E-state index contributed by atoms with van der Waals surface area (Å²) in [6, 6.07) is 4.70. The molecule has 0 saturated carbocycles. The van der Waals surface area contributed by atoms with Crippen molar-refractivity contribution in [2.24, 2.45) is 0 Å². The van der Waals surface area contributed by atoms with E-state index in [1.54, 1.807) is 23.7 Å². The van der Waals surface area contributed by atoms with E-state index < -0.39 is 11.9 Å². The van der Waals surface area contributed by atoms with Crippen molar-refractivity contribution < 1.29 is 9.50 Å². The highest BCUT2D eigenvalue weighted by atomic mass is 19.1. The zero-order valence-corrected chi connectivity index (χ0v) is 11.4. The van der Waals surface area contributed by atoms with E-state index in [-0.39, 0.29) is 5.56 Å². The van der Waals surface area contributed by atoms with Crippen LogP contribution in [-0.4, -0.2) is 19.9 Å². The smallest absolute Gasteiger partial charge is 0.151 e. The minimum atomic E-state index is -0.893. The third-order valence-electron chi connectivity index (χ3n) is 3.03. The summed E-state index contributed by atoms with van der Waals surface area (Å²) >= 11 is 0. The van der Waals surface area contributed by atoms with Gasteiger partial charge in [-0.2, -0.15) is 5.10 Å². The van der Waals surface area contributed by atoms with E-state index in [2.05, 4.69) is 10.1 Å². The van der Waals surface area contributed by atoms with Crippen LogP contribution in [0.5, 0.6) is 0 Å². The van der Waals surface area contributed by atoms with Crippen LogP contribution in [0, 0.1) is 5.82 Å². The molecule has 0 spiro atoms. The average Bonchev–Trinajstić information content (AvgIpc) is 2.81. The van der Waals surface area contributed by atoms with Gasteiger partial charge in [0.05, 0.1) is 11.8 Å². The summed E-state index contributed by atoms with van der Waals surface area (Å²) in [5.74, 6) is 1.06. The van der Waals surface area contributed by atoms with E-state index in [0.29, 0.717) is 12.1 Å². The molecule has 19 heavy (non-hydrogen) atoms. The molecule has 0 radical (unpaired) electrons. The van der Waals surface area contributed by atoms with Gasteiger partial charge in [0.15, 0.2) is 5.82 Å². The Bertz CT molecular complexity index is 578. The zero-order chi connectivity index (χ0) is 14.0. The largest absolute Gasteiger partial charge is 0.389 e. The molecule has 0 aliphatic heterocycles. The summed E-state index contributed by atoms with van der Waals surface area (Å²) in [5, 5.41) is 14.2. The van der Waals surface area contributed by atoms with Gasteiger partial charge in [-0.1, -0.05) is 19.9 Å². The van der Waals surface area contributed by atoms with Crippen LogP contribution >= 0.6 is 0 Å². The second-order valence-corrected chi connectivity index (χ2v) is 4.41. The molecule has 1 atom stereocenters. The number of aromatic nitrogens is 3. The Morgan fingerprint density at radius 2 is 2.05 bits per heavy atom. The van der Waals surface area contributed by atoms with E-state index in [9.17, 15) is 9.50 Å². The van der Waals surface area contributed by atoms with Crippen molar-refractivity contribution in [3.63, 3.8) is 0 Å². The molecule has 0 fully saturated rings. The Morgan fingerprint density at radius 1 is 1.32 bits per heavy atom. The molecule has 102 valence electrons. The van der Waals surface area contributed by atoms with E-state index in [1.807, 2.05) is 13.8 Å². The average molecular weight is 263 g/mol. The highest BCUT2D eigenvalue weighted by Crippen LogP contribution is 2.25. The lowest BCUT2D eigenvalue weighted by molar-refractivity contribution is 0.193. The number of aliphatic hydroxyl groups is 1. The van der Waals surface area contributed by atoms with Gasteiger partial charge in [-0.3, -0.25) is 0 Å². The van der Waals surface area contributed by atoms with Gasteiger partial charge in [-0.05, 0) is 19.1 Å². The molecule has 0 unspecified atom stereocenters. The van der Waals surface area contributed by atoms with Crippen LogP contribution in [0.25, 0.3) is 5.69 Å². The van der Waals surface area contributed by atoms with Gasteiger partial charge in [0.1, 0.15) is 11.6 Å². The maximum Gasteiger partial charge on any atom is 0.151 e. The monoisotopic (exact) mass is 263 g/mol. The molecule has 2 aromatic rings. The number of benzene rings is 1. The molecule has 1 heterocycles. The Balaban J connectivity index is 2.64. The van der Waals surface area contributed by atoms with Crippen LogP contribution in [0.1, 0.15) is 44.1 Å². The molecule has 0 saturated heterocycles. The van der Waals surface area contributed by atoms with Crippen molar-refractivity contribution in [3.05, 3.63) is 41.2 Å². The molecule has 0 amide bonds. The fourth-order valence-corrected chi connectivity index (χ4v) is 2.09. The second kappa shape index (κ2) is 5.48. The summed E-state index contributed by atoms with van der Waals surface area (Å²) in [5.41, 5.74) is 0.809. The molecule has 2 rings (SSSR count). The summed E-state index contributed by atoms with van der Waals surface area (Å²) in [6.45, 7) is 5.49. The van der Waals surface area contributed by atoms with Crippen molar-refractivity contribution in [1.82, 2.24) is 14.8 Å². The van der Waals surface area contributed by atoms with E-state index >= 15 is 0 Å². The standard InChI is InChI=1S/C14H18FN3O/c1-4-12-16-13(5-2)18(17-12)11-8-6-7-10(15)14(11)9(3)19/h6-9,19H,4-5H2,1-3H3/t9-/m0/s1. The van der Waals surface area contributed by atoms with Crippen LogP contribution in [0.2, 0.25) is 0 Å². The lowest BCUT2D eigenvalue weighted by Crippen LogP contribution is -2.09. The number of nitrogens with zero attached hydrogens (tertiary/aromatic N) is 3. The topological polar surface area (TPSA) is 50.9 Å². The minimum Gasteiger partial charge on any atom is -0.389 e. The molecule has 1 aromatic heterocycles. The zero-order valence-electron chi connectivity index (χ0n) is 11.4. The Hall–Kier alpha value is -1.75. The first-order valence-electron chi connectivity index (χ1n) is 6.50. The number of hydrogen-bond donors (Lipinski definition) is 1. The lowest BCUT2D eigenvalue weighted by Gasteiger charge is -2.14. The highest BCUT2D eigenvalue weighted by Gasteiger charge is 2.18. The molecule has 4 nitrogen and oxygen atoms in total. The Labute approximate surface area is 111 Å². The number of halogens is 1. The maximum absolute atomic E-state index is 13.9. The van der Waals surface area contributed by atoms with Crippen LogP contribution in [0.4, 0.5) is 4.39 Å². The molecule has 1 aromatic carbocycles.